The molecule has 0 radical (unpaired) electrons. The number of nitrogens with zero attached hydrogens (tertiary/aromatic N) is 1. The molecule has 7 nitrogen and oxygen atoms in total. The third kappa shape index (κ3) is 7.57. The Hall–Kier alpha value is -2.87. The second-order valence-electron chi connectivity index (χ2n) is 6.10. The molecule has 2 rings (SSSR count). The minimum absolute atomic E-state index is 0.367. The molecule has 0 bridgehead atoms. The van der Waals surface area contributed by atoms with E-state index in [2.05, 4.69) is 38.7 Å². The number of hydrazone groups is 1. The van der Waals surface area contributed by atoms with Crippen LogP contribution in [0.5, 0.6) is 11.5 Å². The number of hydrogen-bond donors (Lipinski definition) is 2. The Morgan fingerprint density at radius 2 is 1.93 bits per heavy atom. The van der Waals surface area contributed by atoms with Crippen LogP contribution in [0.2, 0.25) is 0 Å². The number of benzene rings is 2. The Morgan fingerprint density at radius 1 is 1.14 bits per heavy atom. The largest absolute Gasteiger partial charge is 0.495 e. The standard InChI is InChI=1S/C21H24BrN3O4/c1-3-4-11-29-18-10-9-16(22)12-15(18)14-23-25-21(27)13-20(26)24-17-7-5-6-8-19(17)28-2/h5-10,12,14H,3-4,11,13H2,1-2H3,(H,24,26)(H,25,27). The van der Waals surface area contributed by atoms with Gasteiger partial charge in [-0.2, -0.15) is 5.10 Å². The molecular formula is C21H24BrN3O4. The second-order valence-corrected chi connectivity index (χ2v) is 7.02. The van der Waals surface area contributed by atoms with Gasteiger partial charge < -0.3 is 14.8 Å². The van der Waals surface area contributed by atoms with Gasteiger partial charge in [-0.3, -0.25) is 9.59 Å². The fourth-order valence-electron chi connectivity index (χ4n) is 2.38. The lowest BCUT2D eigenvalue weighted by molar-refractivity contribution is -0.126. The van der Waals surface area contributed by atoms with Crippen LogP contribution in [-0.4, -0.2) is 31.7 Å². The summed E-state index contributed by atoms with van der Waals surface area (Å²) in [4.78, 5) is 24.1. The molecule has 0 aromatic heterocycles. The van der Waals surface area contributed by atoms with Crippen LogP contribution < -0.4 is 20.2 Å². The summed E-state index contributed by atoms with van der Waals surface area (Å²) in [5.41, 5.74) is 3.57. The highest BCUT2D eigenvalue weighted by atomic mass is 79.9. The first-order valence-electron chi connectivity index (χ1n) is 9.20. The quantitative estimate of drug-likeness (QED) is 0.241. The van der Waals surface area contributed by atoms with Crippen LogP contribution in [0.25, 0.3) is 0 Å². The van der Waals surface area contributed by atoms with Gasteiger partial charge in [0.25, 0.3) is 0 Å². The van der Waals surface area contributed by atoms with E-state index in [9.17, 15) is 9.59 Å². The van der Waals surface area contributed by atoms with Crippen LogP contribution in [-0.2, 0) is 9.59 Å². The molecule has 154 valence electrons. The number of unbranched alkanes of at least 4 members (excludes halogenated alkanes) is 1. The van der Waals surface area contributed by atoms with E-state index in [1.165, 1.54) is 13.3 Å². The van der Waals surface area contributed by atoms with Gasteiger partial charge in [-0.15, -0.1) is 0 Å². The van der Waals surface area contributed by atoms with Crippen LogP contribution >= 0.6 is 15.9 Å². The van der Waals surface area contributed by atoms with Crippen LogP contribution in [0.4, 0.5) is 5.69 Å². The number of rotatable bonds is 10. The van der Waals surface area contributed by atoms with E-state index >= 15 is 0 Å². The maximum Gasteiger partial charge on any atom is 0.249 e. The monoisotopic (exact) mass is 461 g/mol. The van der Waals surface area contributed by atoms with Crippen LogP contribution in [0.15, 0.2) is 52.0 Å². The molecule has 0 heterocycles. The Labute approximate surface area is 178 Å². The number of carbonyl (C=O) groups is 2. The molecule has 0 aliphatic carbocycles. The molecule has 0 saturated carbocycles. The van der Waals surface area contributed by atoms with Crippen molar-refractivity contribution in [2.75, 3.05) is 19.0 Å². The Bertz CT molecular complexity index is 871. The van der Waals surface area contributed by atoms with E-state index in [0.717, 1.165) is 17.3 Å². The molecule has 2 aromatic rings. The molecule has 2 N–H and O–H groups in total. The number of amides is 2. The third-order valence-corrected chi connectivity index (χ3v) is 4.32. The van der Waals surface area contributed by atoms with Crippen molar-refractivity contribution in [3.05, 3.63) is 52.5 Å². The summed E-state index contributed by atoms with van der Waals surface area (Å²) in [6.07, 6.45) is 3.10. The lowest BCUT2D eigenvalue weighted by Gasteiger charge is -2.09. The average molecular weight is 462 g/mol. The van der Waals surface area contributed by atoms with Gasteiger partial charge in [0, 0.05) is 10.0 Å². The second kappa shape index (κ2) is 11.9. The molecule has 0 unspecified atom stereocenters. The summed E-state index contributed by atoms with van der Waals surface area (Å²) < 4.78 is 11.8. The van der Waals surface area contributed by atoms with Crippen molar-refractivity contribution in [2.45, 2.75) is 26.2 Å². The van der Waals surface area contributed by atoms with Crippen LogP contribution in [0.3, 0.4) is 0 Å². The lowest BCUT2D eigenvalue weighted by atomic mass is 10.2. The predicted molar refractivity (Wildman–Crippen MR) is 117 cm³/mol. The Kier molecular flexibility index (Phi) is 9.17. The van der Waals surface area contributed by atoms with Gasteiger partial charge in [-0.1, -0.05) is 41.4 Å². The molecule has 0 saturated heterocycles. The van der Waals surface area contributed by atoms with Gasteiger partial charge in [-0.25, -0.2) is 5.43 Å². The number of carbonyl (C=O) groups excluding carboxylic acids is 2. The van der Waals surface area contributed by atoms with Crippen molar-refractivity contribution in [1.82, 2.24) is 5.43 Å². The summed E-state index contributed by atoms with van der Waals surface area (Å²) in [6.45, 7) is 2.70. The molecule has 0 aliphatic heterocycles. The maximum atomic E-state index is 12.1. The highest BCUT2D eigenvalue weighted by Gasteiger charge is 2.11. The smallest absolute Gasteiger partial charge is 0.249 e. The first kappa shape index (κ1) is 22.4. The van der Waals surface area contributed by atoms with Crippen molar-refractivity contribution < 1.29 is 19.1 Å². The van der Waals surface area contributed by atoms with Gasteiger partial charge >= 0.3 is 0 Å². The molecule has 0 spiro atoms. The van der Waals surface area contributed by atoms with Gasteiger partial charge in [0.1, 0.15) is 17.9 Å². The van der Waals surface area contributed by atoms with Crippen molar-refractivity contribution in [3.8, 4) is 11.5 Å². The lowest BCUT2D eigenvalue weighted by Crippen LogP contribution is -2.24. The zero-order valence-electron chi connectivity index (χ0n) is 16.4. The minimum atomic E-state index is -0.530. The molecule has 8 heteroatoms. The fourth-order valence-corrected chi connectivity index (χ4v) is 2.76. The van der Waals surface area contributed by atoms with Crippen molar-refractivity contribution >= 4 is 39.6 Å². The number of hydrogen-bond acceptors (Lipinski definition) is 5. The number of methoxy groups -OCH3 is 1. The van der Waals surface area contributed by atoms with Crippen molar-refractivity contribution in [2.24, 2.45) is 5.10 Å². The molecule has 0 fully saturated rings. The molecule has 0 atom stereocenters. The van der Waals surface area contributed by atoms with Gasteiger partial charge in [0.2, 0.25) is 11.8 Å². The molecular weight excluding hydrogens is 438 g/mol. The number of para-hydroxylation sites is 2. The van der Waals surface area contributed by atoms with Crippen LogP contribution in [0, 0.1) is 0 Å². The van der Waals surface area contributed by atoms with E-state index in [1.54, 1.807) is 24.3 Å². The number of nitrogens with one attached hydrogen (secondary N) is 2. The zero-order valence-corrected chi connectivity index (χ0v) is 18.0. The first-order chi connectivity index (χ1) is 14.0. The molecule has 29 heavy (non-hydrogen) atoms. The maximum absolute atomic E-state index is 12.1. The fraction of sp³-hybridized carbons (Fsp3) is 0.286. The van der Waals surface area contributed by atoms with E-state index in [-0.39, 0.29) is 6.42 Å². The average Bonchev–Trinajstić information content (AvgIpc) is 2.70. The molecule has 0 aliphatic rings. The van der Waals surface area contributed by atoms with E-state index in [4.69, 9.17) is 9.47 Å². The predicted octanol–water partition coefficient (Wildman–Crippen LogP) is 4.12. The number of anilines is 1. The number of ether oxygens (including phenoxy) is 2. The molecule has 2 aromatic carbocycles. The highest BCUT2D eigenvalue weighted by Crippen LogP contribution is 2.23. The van der Waals surface area contributed by atoms with Crippen molar-refractivity contribution in [3.63, 3.8) is 0 Å². The van der Waals surface area contributed by atoms with Gasteiger partial charge in [0.05, 0.1) is 25.6 Å². The van der Waals surface area contributed by atoms with E-state index in [1.807, 2.05) is 18.2 Å². The summed E-state index contributed by atoms with van der Waals surface area (Å²) >= 11 is 3.41. The first-order valence-corrected chi connectivity index (χ1v) is 10.00. The zero-order chi connectivity index (χ0) is 21.1. The minimum Gasteiger partial charge on any atom is -0.495 e. The number of halogens is 1. The molecule has 2 amide bonds. The van der Waals surface area contributed by atoms with Gasteiger partial charge in [0.15, 0.2) is 0 Å². The summed E-state index contributed by atoms with van der Waals surface area (Å²) in [6, 6.07) is 12.5. The topological polar surface area (TPSA) is 89.0 Å². The Morgan fingerprint density at radius 3 is 2.69 bits per heavy atom. The normalized spacial score (nSPS) is 10.6. The SMILES string of the molecule is CCCCOc1ccc(Br)cc1C=NNC(=O)CC(=O)Nc1ccccc1OC. The summed E-state index contributed by atoms with van der Waals surface area (Å²) in [5, 5.41) is 6.58. The van der Waals surface area contributed by atoms with Crippen molar-refractivity contribution in [1.29, 1.82) is 0 Å². The van der Waals surface area contributed by atoms with E-state index in [0.29, 0.717) is 29.4 Å². The Balaban J connectivity index is 1.90. The van der Waals surface area contributed by atoms with E-state index < -0.39 is 11.8 Å². The summed E-state index contributed by atoms with van der Waals surface area (Å²) in [5.74, 6) is 0.198. The summed E-state index contributed by atoms with van der Waals surface area (Å²) in [7, 11) is 1.51. The van der Waals surface area contributed by atoms with Gasteiger partial charge in [-0.05, 0) is 36.8 Å². The highest BCUT2D eigenvalue weighted by molar-refractivity contribution is 9.10. The third-order valence-electron chi connectivity index (χ3n) is 3.82. The van der Waals surface area contributed by atoms with Crippen LogP contribution in [0.1, 0.15) is 31.7 Å².